The molecule has 21 heavy (non-hydrogen) atoms. The number of nitrogens with one attached hydrogen (secondary N) is 2. The van der Waals surface area contributed by atoms with Crippen molar-refractivity contribution in [3.05, 3.63) is 11.9 Å². The molecule has 0 radical (unpaired) electrons. The number of nitrogens with zero attached hydrogens (tertiary/aromatic N) is 2. The Bertz CT molecular complexity index is 446. The van der Waals surface area contributed by atoms with Crippen LogP contribution < -0.4 is 10.6 Å². The first-order valence-electron chi connectivity index (χ1n) is 8.51. The molecule has 1 aromatic rings. The molecule has 1 heterocycles. The van der Waals surface area contributed by atoms with Crippen molar-refractivity contribution in [3.63, 3.8) is 0 Å². The van der Waals surface area contributed by atoms with Crippen LogP contribution in [-0.4, -0.2) is 22.6 Å². The van der Waals surface area contributed by atoms with Gasteiger partial charge in [0.05, 0.1) is 0 Å². The van der Waals surface area contributed by atoms with Gasteiger partial charge in [0.1, 0.15) is 18.0 Å². The second kappa shape index (κ2) is 7.62. The monoisotopic (exact) mass is 290 g/mol. The van der Waals surface area contributed by atoms with Gasteiger partial charge in [-0.25, -0.2) is 9.97 Å². The van der Waals surface area contributed by atoms with Gasteiger partial charge in [0, 0.05) is 18.2 Å². The summed E-state index contributed by atoms with van der Waals surface area (Å²) in [5.41, 5.74) is 1.22. The average molecular weight is 290 g/mol. The standard InChI is InChI=1S/C17H30N4/c1-5-10-18-16-14(6-2)17(20-11-19-16)21-15-9-7-8-12(3)13(15)4/h11-13,15H,5-10H2,1-4H3,(H2,18,19,20,21). The minimum atomic E-state index is 0.535. The summed E-state index contributed by atoms with van der Waals surface area (Å²) in [6.07, 6.45) is 7.65. The van der Waals surface area contributed by atoms with E-state index in [1.54, 1.807) is 6.33 Å². The molecule has 0 aromatic carbocycles. The average Bonchev–Trinajstić information content (AvgIpc) is 2.50. The van der Waals surface area contributed by atoms with Crippen LogP contribution in [0.3, 0.4) is 0 Å². The minimum Gasteiger partial charge on any atom is -0.370 e. The summed E-state index contributed by atoms with van der Waals surface area (Å²) >= 11 is 0. The molecule has 3 atom stereocenters. The highest BCUT2D eigenvalue weighted by Crippen LogP contribution is 2.32. The molecule has 1 aliphatic carbocycles. The fourth-order valence-corrected chi connectivity index (χ4v) is 3.23. The third kappa shape index (κ3) is 3.86. The van der Waals surface area contributed by atoms with Gasteiger partial charge in [0.2, 0.25) is 0 Å². The van der Waals surface area contributed by atoms with Crippen molar-refractivity contribution < 1.29 is 0 Å². The van der Waals surface area contributed by atoms with E-state index in [1.807, 2.05) is 0 Å². The first kappa shape index (κ1) is 16.1. The molecule has 2 N–H and O–H groups in total. The van der Waals surface area contributed by atoms with Crippen LogP contribution in [0, 0.1) is 11.8 Å². The van der Waals surface area contributed by atoms with Crippen molar-refractivity contribution in [1.82, 2.24) is 9.97 Å². The van der Waals surface area contributed by atoms with Gasteiger partial charge in [0.25, 0.3) is 0 Å². The van der Waals surface area contributed by atoms with Crippen LogP contribution in [0.4, 0.5) is 11.6 Å². The zero-order chi connectivity index (χ0) is 15.2. The Morgan fingerprint density at radius 2 is 1.90 bits per heavy atom. The summed E-state index contributed by atoms with van der Waals surface area (Å²) in [5.74, 6) is 3.51. The highest BCUT2D eigenvalue weighted by molar-refractivity contribution is 5.57. The number of hydrogen-bond donors (Lipinski definition) is 2. The topological polar surface area (TPSA) is 49.8 Å². The van der Waals surface area contributed by atoms with Crippen molar-refractivity contribution in [1.29, 1.82) is 0 Å². The van der Waals surface area contributed by atoms with E-state index in [0.29, 0.717) is 12.0 Å². The zero-order valence-electron chi connectivity index (χ0n) is 13.9. The number of hydrogen-bond acceptors (Lipinski definition) is 4. The molecule has 0 bridgehead atoms. The van der Waals surface area contributed by atoms with E-state index in [9.17, 15) is 0 Å². The van der Waals surface area contributed by atoms with Gasteiger partial charge in [-0.1, -0.05) is 40.5 Å². The van der Waals surface area contributed by atoms with Crippen LogP contribution >= 0.6 is 0 Å². The predicted molar refractivity (Wildman–Crippen MR) is 89.8 cm³/mol. The maximum Gasteiger partial charge on any atom is 0.134 e. The molecule has 118 valence electrons. The summed E-state index contributed by atoms with van der Waals surface area (Å²) in [6, 6.07) is 0.535. The van der Waals surface area contributed by atoms with E-state index in [-0.39, 0.29) is 0 Å². The Morgan fingerprint density at radius 3 is 2.62 bits per heavy atom. The molecule has 0 amide bonds. The molecule has 4 heteroatoms. The van der Waals surface area contributed by atoms with E-state index in [1.165, 1.54) is 24.8 Å². The Kier molecular flexibility index (Phi) is 5.83. The summed E-state index contributed by atoms with van der Waals surface area (Å²) in [5, 5.41) is 7.13. The lowest BCUT2D eigenvalue weighted by Gasteiger charge is -2.35. The number of anilines is 2. The van der Waals surface area contributed by atoms with E-state index in [0.717, 1.165) is 36.9 Å². The molecule has 0 spiro atoms. The van der Waals surface area contributed by atoms with E-state index in [2.05, 4.69) is 48.3 Å². The fraction of sp³-hybridized carbons (Fsp3) is 0.765. The van der Waals surface area contributed by atoms with Crippen LogP contribution in [0.15, 0.2) is 6.33 Å². The van der Waals surface area contributed by atoms with Gasteiger partial charge in [-0.15, -0.1) is 0 Å². The lowest BCUT2D eigenvalue weighted by atomic mass is 9.78. The highest BCUT2D eigenvalue weighted by Gasteiger charge is 2.27. The Morgan fingerprint density at radius 1 is 1.14 bits per heavy atom. The Hall–Kier alpha value is -1.32. The lowest BCUT2D eigenvalue weighted by Crippen LogP contribution is -2.35. The Balaban J connectivity index is 2.15. The van der Waals surface area contributed by atoms with Crippen LogP contribution in [-0.2, 0) is 6.42 Å². The SMILES string of the molecule is CCCNc1ncnc(NC2CCCC(C)C2C)c1CC. The van der Waals surface area contributed by atoms with Crippen molar-refractivity contribution in [2.24, 2.45) is 11.8 Å². The third-order valence-electron chi connectivity index (χ3n) is 4.87. The van der Waals surface area contributed by atoms with Crippen molar-refractivity contribution >= 4 is 11.6 Å². The second-order valence-corrected chi connectivity index (χ2v) is 6.35. The largest absolute Gasteiger partial charge is 0.370 e. The summed E-state index contributed by atoms with van der Waals surface area (Å²) in [4.78, 5) is 8.92. The second-order valence-electron chi connectivity index (χ2n) is 6.35. The molecule has 1 fully saturated rings. The zero-order valence-corrected chi connectivity index (χ0v) is 13.9. The molecule has 2 rings (SSSR count). The van der Waals surface area contributed by atoms with Gasteiger partial charge in [-0.05, 0) is 31.1 Å². The molecule has 1 aromatic heterocycles. The van der Waals surface area contributed by atoms with Crippen molar-refractivity contribution in [3.8, 4) is 0 Å². The fourth-order valence-electron chi connectivity index (χ4n) is 3.23. The smallest absolute Gasteiger partial charge is 0.134 e. The van der Waals surface area contributed by atoms with Gasteiger partial charge >= 0.3 is 0 Å². The molecular weight excluding hydrogens is 260 g/mol. The predicted octanol–water partition coefficient (Wildman–Crippen LogP) is 4.10. The van der Waals surface area contributed by atoms with Crippen molar-refractivity contribution in [2.45, 2.75) is 65.8 Å². The van der Waals surface area contributed by atoms with E-state index in [4.69, 9.17) is 0 Å². The number of rotatable bonds is 6. The quantitative estimate of drug-likeness (QED) is 0.828. The maximum atomic E-state index is 4.51. The van der Waals surface area contributed by atoms with Gasteiger partial charge in [-0.3, -0.25) is 0 Å². The van der Waals surface area contributed by atoms with Crippen LogP contribution in [0.1, 0.15) is 58.9 Å². The third-order valence-corrected chi connectivity index (χ3v) is 4.87. The van der Waals surface area contributed by atoms with Crippen LogP contribution in [0.25, 0.3) is 0 Å². The molecule has 0 saturated heterocycles. The first-order valence-corrected chi connectivity index (χ1v) is 8.51. The van der Waals surface area contributed by atoms with Gasteiger partial charge < -0.3 is 10.6 Å². The summed E-state index contributed by atoms with van der Waals surface area (Å²) in [6.45, 7) is 10.0. The molecular formula is C17H30N4. The van der Waals surface area contributed by atoms with Gasteiger partial charge in [-0.2, -0.15) is 0 Å². The van der Waals surface area contributed by atoms with E-state index >= 15 is 0 Å². The molecule has 0 aliphatic heterocycles. The lowest BCUT2D eigenvalue weighted by molar-refractivity contribution is 0.253. The minimum absolute atomic E-state index is 0.535. The summed E-state index contributed by atoms with van der Waals surface area (Å²) < 4.78 is 0. The molecule has 3 unspecified atom stereocenters. The van der Waals surface area contributed by atoms with E-state index < -0.39 is 0 Å². The summed E-state index contributed by atoms with van der Waals surface area (Å²) in [7, 11) is 0. The maximum absolute atomic E-state index is 4.51. The van der Waals surface area contributed by atoms with Crippen LogP contribution in [0.2, 0.25) is 0 Å². The normalized spacial score (nSPS) is 25.6. The van der Waals surface area contributed by atoms with Crippen molar-refractivity contribution in [2.75, 3.05) is 17.2 Å². The highest BCUT2D eigenvalue weighted by atomic mass is 15.1. The Labute approximate surface area is 129 Å². The van der Waals surface area contributed by atoms with Gasteiger partial charge in [0.15, 0.2) is 0 Å². The first-order chi connectivity index (χ1) is 10.2. The molecule has 1 saturated carbocycles. The number of aromatic nitrogens is 2. The van der Waals surface area contributed by atoms with Crippen LogP contribution in [0.5, 0.6) is 0 Å². The molecule has 4 nitrogen and oxygen atoms in total. The molecule has 1 aliphatic rings.